The van der Waals surface area contributed by atoms with E-state index in [9.17, 15) is 14.7 Å². The average Bonchev–Trinajstić information content (AvgIpc) is 2.51. The zero-order valence-electron chi connectivity index (χ0n) is 10.9. The Hall–Kier alpha value is -3.02. The maximum absolute atomic E-state index is 12.4. The van der Waals surface area contributed by atoms with Crippen LogP contribution in [0.2, 0.25) is 0 Å². The van der Waals surface area contributed by atoms with E-state index in [-0.39, 0.29) is 17.8 Å². The SMILES string of the molecule is O=C(O)c1nn(Cc2cccnc2)c(=O)c2ccccc12. The van der Waals surface area contributed by atoms with Gasteiger partial charge in [-0.3, -0.25) is 9.78 Å². The molecule has 0 unspecified atom stereocenters. The Balaban J connectivity index is 2.22. The van der Waals surface area contributed by atoms with Crippen LogP contribution >= 0.6 is 0 Å². The van der Waals surface area contributed by atoms with Gasteiger partial charge >= 0.3 is 5.97 Å². The first-order valence-corrected chi connectivity index (χ1v) is 6.29. The number of aromatic nitrogens is 3. The second-order valence-electron chi connectivity index (χ2n) is 4.52. The van der Waals surface area contributed by atoms with Crippen molar-refractivity contribution in [3.05, 3.63) is 70.4 Å². The van der Waals surface area contributed by atoms with Crippen LogP contribution in [0.5, 0.6) is 0 Å². The van der Waals surface area contributed by atoms with Gasteiger partial charge in [-0.05, 0) is 17.7 Å². The number of rotatable bonds is 3. The van der Waals surface area contributed by atoms with E-state index in [0.717, 1.165) is 10.2 Å². The first kappa shape index (κ1) is 13.0. The van der Waals surface area contributed by atoms with Crippen LogP contribution in [0.3, 0.4) is 0 Å². The lowest BCUT2D eigenvalue weighted by atomic mass is 10.1. The Bertz CT molecular complexity index is 872. The first-order valence-electron chi connectivity index (χ1n) is 6.29. The van der Waals surface area contributed by atoms with Gasteiger partial charge in [-0.25, -0.2) is 9.48 Å². The summed E-state index contributed by atoms with van der Waals surface area (Å²) in [5.74, 6) is -1.16. The first-order chi connectivity index (χ1) is 10.2. The summed E-state index contributed by atoms with van der Waals surface area (Å²) in [5, 5.41) is 13.9. The normalized spacial score (nSPS) is 10.7. The molecule has 2 heterocycles. The third kappa shape index (κ3) is 2.38. The van der Waals surface area contributed by atoms with Crippen LogP contribution in [-0.2, 0) is 6.54 Å². The number of aromatic carboxylic acids is 1. The van der Waals surface area contributed by atoms with Crippen molar-refractivity contribution in [3.63, 3.8) is 0 Å². The standard InChI is InChI=1S/C15H11N3O3/c19-14-12-6-2-1-5-11(12)13(15(20)21)17-18(14)9-10-4-3-7-16-8-10/h1-8H,9H2,(H,20,21). The van der Waals surface area contributed by atoms with E-state index in [0.29, 0.717) is 10.8 Å². The van der Waals surface area contributed by atoms with Crippen molar-refractivity contribution < 1.29 is 9.90 Å². The van der Waals surface area contributed by atoms with Crippen LogP contribution in [0, 0.1) is 0 Å². The summed E-state index contributed by atoms with van der Waals surface area (Å²) < 4.78 is 1.16. The minimum absolute atomic E-state index is 0.130. The lowest BCUT2D eigenvalue weighted by Crippen LogP contribution is -2.26. The highest BCUT2D eigenvalue weighted by molar-refractivity contribution is 6.01. The molecule has 0 aliphatic carbocycles. The van der Waals surface area contributed by atoms with Crippen molar-refractivity contribution in [1.82, 2.24) is 14.8 Å². The molecular weight excluding hydrogens is 270 g/mol. The number of hydrogen-bond donors (Lipinski definition) is 1. The molecule has 0 atom stereocenters. The summed E-state index contributed by atoms with van der Waals surface area (Å²) in [6, 6.07) is 10.1. The summed E-state index contributed by atoms with van der Waals surface area (Å²) in [6.07, 6.45) is 3.24. The van der Waals surface area contributed by atoms with Gasteiger partial charge in [-0.15, -0.1) is 0 Å². The lowest BCUT2D eigenvalue weighted by molar-refractivity contribution is 0.0690. The van der Waals surface area contributed by atoms with Gasteiger partial charge in [-0.2, -0.15) is 5.10 Å². The minimum Gasteiger partial charge on any atom is -0.476 e. The van der Waals surface area contributed by atoms with Crippen LogP contribution < -0.4 is 5.56 Å². The highest BCUT2D eigenvalue weighted by atomic mass is 16.4. The number of benzene rings is 1. The summed E-state index contributed by atoms with van der Waals surface area (Å²) in [4.78, 5) is 27.7. The molecule has 3 aromatic rings. The molecule has 21 heavy (non-hydrogen) atoms. The fraction of sp³-hybridized carbons (Fsp3) is 0.0667. The van der Waals surface area contributed by atoms with Gasteiger partial charge in [0.25, 0.3) is 5.56 Å². The number of carboxylic acid groups (broad SMARTS) is 1. The Labute approximate surface area is 119 Å². The van der Waals surface area contributed by atoms with E-state index in [1.165, 1.54) is 0 Å². The Morgan fingerprint density at radius 2 is 1.90 bits per heavy atom. The number of hydrogen-bond acceptors (Lipinski definition) is 4. The van der Waals surface area contributed by atoms with Crippen molar-refractivity contribution in [1.29, 1.82) is 0 Å². The van der Waals surface area contributed by atoms with E-state index in [2.05, 4.69) is 10.1 Å². The lowest BCUT2D eigenvalue weighted by Gasteiger charge is -2.08. The van der Waals surface area contributed by atoms with E-state index < -0.39 is 5.97 Å². The summed E-state index contributed by atoms with van der Waals surface area (Å²) in [6.45, 7) is 0.178. The minimum atomic E-state index is -1.16. The number of nitrogens with zero attached hydrogens (tertiary/aromatic N) is 3. The van der Waals surface area contributed by atoms with Crippen LogP contribution in [0.1, 0.15) is 16.1 Å². The fourth-order valence-electron chi connectivity index (χ4n) is 2.16. The molecule has 0 aliphatic heterocycles. The monoisotopic (exact) mass is 281 g/mol. The van der Waals surface area contributed by atoms with Crippen molar-refractivity contribution in [2.75, 3.05) is 0 Å². The predicted molar refractivity (Wildman–Crippen MR) is 76.3 cm³/mol. The molecule has 6 nitrogen and oxygen atoms in total. The summed E-state index contributed by atoms with van der Waals surface area (Å²) >= 11 is 0. The third-order valence-electron chi connectivity index (χ3n) is 3.13. The van der Waals surface area contributed by atoms with Crippen LogP contribution in [0.15, 0.2) is 53.6 Å². The number of fused-ring (bicyclic) bond motifs is 1. The molecule has 0 radical (unpaired) electrons. The molecular formula is C15H11N3O3. The quantitative estimate of drug-likeness (QED) is 0.787. The molecule has 1 aromatic carbocycles. The van der Waals surface area contributed by atoms with Gasteiger partial charge in [0.05, 0.1) is 11.9 Å². The highest BCUT2D eigenvalue weighted by Crippen LogP contribution is 2.13. The molecule has 1 N–H and O–H groups in total. The molecule has 0 saturated carbocycles. The van der Waals surface area contributed by atoms with Crippen LogP contribution in [0.4, 0.5) is 0 Å². The predicted octanol–water partition coefficient (Wildman–Crippen LogP) is 1.54. The summed E-state index contributed by atoms with van der Waals surface area (Å²) in [5.41, 5.74) is 0.326. The highest BCUT2D eigenvalue weighted by Gasteiger charge is 2.15. The van der Waals surface area contributed by atoms with E-state index >= 15 is 0 Å². The van der Waals surface area contributed by atoms with E-state index in [4.69, 9.17) is 0 Å². The zero-order valence-corrected chi connectivity index (χ0v) is 10.9. The van der Waals surface area contributed by atoms with E-state index in [1.54, 1.807) is 48.8 Å². The average molecular weight is 281 g/mol. The third-order valence-corrected chi connectivity index (χ3v) is 3.13. The fourth-order valence-corrected chi connectivity index (χ4v) is 2.16. The van der Waals surface area contributed by atoms with E-state index in [1.807, 2.05) is 0 Å². The maximum Gasteiger partial charge on any atom is 0.357 e. The molecule has 0 bridgehead atoms. The molecule has 0 aliphatic rings. The van der Waals surface area contributed by atoms with Gasteiger partial charge in [0.15, 0.2) is 5.69 Å². The van der Waals surface area contributed by atoms with Crippen molar-refractivity contribution in [2.24, 2.45) is 0 Å². The molecule has 104 valence electrons. The van der Waals surface area contributed by atoms with Gasteiger partial charge < -0.3 is 5.11 Å². The van der Waals surface area contributed by atoms with Crippen molar-refractivity contribution in [3.8, 4) is 0 Å². The zero-order chi connectivity index (χ0) is 14.8. The van der Waals surface area contributed by atoms with Gasteiger partial charge in [0, 0.05) is 17.8 Å². The molecule has 6 heteroatoms. The van der Waals surface area contributed by atoms with Crippen LogP contribution in [-0.4, -0.2) is 25.8 Å². The number of carbonyl (C=O) groups is 1. The van der Waals surface area contributed by atoms with Gasteiger partial charge in [0.1, 0.15) is 0 Å². The largest absolute Gasteiger partial charge is 0.476 e. The molecule has 0 amide bonds. The van der Waals surface area contributed by atoms with Gasteiger partial charge in [0.2, 0.25) is 0 Å². The molecule has 3 rings (SSSR count). The van der Waals surface area contributed by atoms with Crippen molar-refractivity contribution >= 4 is 16.7 Å². The summed E-state index contributed by atoms with van der Waals surface area (Å²) in [7, 11) is 0. The topological polar surface area (TPSA) is 85.1 Å². The Kier molecular flexibility index (Phi) is 3.19. The Morgan fingerprint density at radius 1 is 1.14 bits per heavy atom. The number of pyridine rings is 1. The smallest absolute Gasteiger partial charge is 0.357 e. The molecule has 2 aromatic heterocycles. The maximum atomic E-state index is 12.4. The molecule has 0 fully saturated rings. The molecule has 0 saturated heterocycles. The van der Waals surface area contributed by atoms with Gasteiger partial charge in [-0.1, -0.05) is 24.3 Å². The van der Waals surface area contributed by atoms with Crippen molar-refractivity contribution in [2.45, 2.75) is 6.54 Å². The van der Waals surface area contributed by atoms with Crippen LogP contribution in [0.25, 0.3) is 10.8 Å². The second kappa shape index (κ2) is 5.16. The molecule has 0 spiro atoms. The number of carboxylic acids is 1. The second-order valence-corrected chi connectivity index (χ2v) is 4.52. The Morgan fingerprint density at radius 3 is 2.57 bits per heavy atom.